The van der Waals surface area contributed by atoms with Crippen molar-refractivity contribution in [3.05, 3.63) is 23.8 Å². The first-order chi connectivity index (χ1) is 13.8. The van der Waals surface area contributed by atoms with Gasteiger partial charge in [-0.25, -0.2) is 4.79 Å². The maximum absolute atomic E-state index is 11.6. The SMILES string of the molecule is CCCOc1ccc(CNC(=NC)NCCCNC(=O)OC(C)(C)C)cc1OC.I. The average Bonchev–Trinajstić information content (AvgIpc) is 2.67. The molecule has 0 saturated heterocycles. The molecule has 0 aliphatic rings. The molecule has 0 aliphatic heterocycles. The Morgan fingerprint density at radius 3 is 2.40 bits per heavy atom. The lowest BCUT2D eigenvalue weighted by atomic mass is 10.2. The summed E-state index contributed by atoms with van der Waals surface area (Å²) < 4.78 is 16.3. The molecule has 0 aliphatic carbocycles. The molecule has 0 heterocycles. The maximum atomic E-state index is 11.6. The van der Waals surface area contributed by atoms with Crippen LogP contribution in [0.5, 0.6) is 11.5 Å². The van der Waals surface area contributed by atoms with Gasteiger partial charge in [-0.2, -0.15) is 0 Å². The minimum atomic E-state index is -0.489. The lowest BCUT2D eigenvalue weighted by Crippen LogP contribution is -2.39. The van der Waals surface area contributed by atoms with E-state index in [1.165, 1.54) is 0 Å². The highest BCUT2D eigenvalue weighted by Gasteiger charge is 2.15. The topological polar surface area (TPSA) is 93.2 Å². The van der Waals surface area contributed by atoms with Gasteiger partial charge in [0.25, 0.3) is 0 Å². The maximum Gasteiger partial charge on any atom is 0.407 e. The van der Waals surface area contributed by atoms with E-state index in [0.717, 1.165) is 24.2 Å². The number of methoxy groups -OCH3 is 1. The molecule has 0 spiro atoms. The summed E-state index contributed by atoms with van der Waals surface area (Å²) in [6.07, 6.45) is 1.29. The van der Waals surface area contributed by atoms with Crippen LogP contribution < -0.4 is 25.4 Å². The Bertz CT molecular complexity index is 663. The van der Waals surface area contributed by atoms with Crippen LogP contribution in [-0.2, 0) is 11.3 Å². The summed E-state index contributed by atoms with van der Waals surface area (Å²) in [7, 11) is 3.35. The lowest BCUT2D eigenvalue weighted by Gasteiger charge is -2.19. The van der Waals surface area contributed by atoms with Gasteiger partial charge in [-0.15, -0.1) is 24.0 Å². The second-order valence-corrected chi connectivity index (χ2v) is 7.47. The van der Waals surface area contributed by atoms with Gasteiger partial charge >= 0.3 is 6.09 Å². The molecule has 3 N–H and O–H groups in total. The van der Waals surface area contributed by atoms with Gasteiger partial charge in [-0.3, -0.25) is 4.99 Å². The second-order valence-electron chi connectivity index (χ2n) is 7.47. The van der Waals surface area contributed by atoms with Crippen LogP contribution in [-0.4, -0.2) is 51.5 Å². The number of carbonyl (C=O) groups excluding carboxylic acids is 1. The van der Waals surface area contributed by atoms with Crippen molar-refractivity contribution in [3.63, 3.8) is 0 Å². The van der Waals surface area contributed by atoms with E-state index < -0.39 is 11.7 Å². The zero-order valence-electron chi connectivity index (χ0n) is 19.0. The molecule has 0 fully saturated rings. The van der Waals surface area contributed by atoms with E-state index in [1.807, 2.05) is 39.0 Å². The molecule has 0 unspecified atom stereocenters. The number of rotatable bonds is 10. The predicted octanol–water partition coefficient (Wildman–Crippen LogP) is 3.68. The van der Waals surface area contributed by atoms with Crippen LogP contribution >= 0.6 is 24.0 Å². The molecule has 30 heavy (non-hydrogen) atoms. The number of hydrogen-bond donors (Lipinski definition) is 3. The van der Waals surface area contributed by atoms with Crippen LogP contribution in [0.4, 0.5) is 4.79 Å². The summed E-state index contributed by atoms with van der Waals surface area (Å²) in [5, 5.41) is 9.22. The summed E-state index contributed by atoms with van der Waals surface area (Å²) in [4.78, 5) is 15.8. The van der Waals surface area contributed by atoms with E-state index >= 15 is 0 Å². The number of alkyl carbamates (subject to hydrolysis) is 1. The van der Waals surface area contributed by atoms with Crippen molar-refractivity contribution in [2.75, 3.05) is 33.9 Å². The standard InChI is InChI=1S/C21H36N4O4.HI/c1-7-13-28-17-10-9-16(14-18(17)27-6)15-25-19(22-5)23-11-8-12-24-20(26)29-21(2,3)4;/h9-10,14H,7-8,11-13,15H2,1-6H3,(H,24,26)(H2,22,23,25);1H. The number of nitrogens with one attached hydrogen (secondary N) is 3. The monoisotopic (exact) mass is 536 g/mol. The number of amides is 1. The number of nitrogens with zero attached hydrogens (tertiary/aromatic N) is 1. The average molecular weight is 536 g/mol. The highest BCUT2D eigenvalue weighted by atomic mass is 127. The summed E-state index contributed by atoms with van der Waals surface area (Å²) in [6, 6.07) is 5.87. The predicted molar refractivity (Wildman–Crippen MR) is 131 cm³/mol. The smallest absolute Gasteiger partial charge is 0.407 e. The third-order valence-corrected chi connectivity index (χ3v) is 3.69. The highest BCUT2D eigenvalue weighted by molar-refractivity contribution is 14.0. The Balaban J connectivity index is 0.00000841. The van der Waals surface area contributed by atoms with Gasteiger partial charge in [0.05, 0.1) is 13.7 Å². The highest BCUT2D eigenvalue weighted by Crippen LogP contribution is 2.28. The summed E-state index contributed by atoms with van der Waals surface area (Å²) >= 11 is 0. The number of halogens is 1. The van der Waals surface area contributed by atoms with Gasteiger partial charge in [0.1, 0.15) is 5.60 Å². The molecule has 9 heteroatoms. The number of hydrogen-bond acceptors (Lipinski definition) is 5. The number of guanidine groups is 1. The van der Waals surface area contributed by atoms with Crippen LogP contribution in [0.3, 0.4) is 0 Å². The second kappa shape index (κ2) is 15.0. The first-order valence-corrected chi connectivity index (χ1v) is 10.00. The van der Waals surface area contributed by atoms with Gasteiger partial charge < -0.3 is 30.2 Å². The molecule has 8 nitrogen and oxygen atoms in total. The van der Waals surface area contributed by atoms with Crippen LogP contribution in [0.15, 0.2) is 23.2 Å². The van der Waals surface area contributed by atoms with Crippen LogP contribution in [0.1, 0.15) is 46.1 Å². The van der Waals surface area contributed by atoms with E-state index in [2.05, 4.69) is 27.9 Å². The van der Waals surface area contributed by atoms with E-state index in [1.54, 1.807) is 14.2 Å². The van der Waals surface area contributed by atoms with E-state index in [0.29, 0.717) is 38.0 Å². The van der Waals surface area contributed by atoms with Crippen molar-refractivity contribution in [3.8, 4) is 11.5 Å². The third kappa shape index (κ3) is 11.9. The first-order valence-electron chi connectivity index (χ1n) is 10.00. The molecular weight excluding hydrogens is 499 g/mol. The third-order valence-electron chi connectivity index (χ3n) is 3.69. The Morgan fingerprint density at radius 1 is 1.10 bits per heavy atom. The Kier molecular flexibility index (Phi) is 14.0. The Morgan fingerprint density at radius 2 is 1.80 bits per heavy atom. The molecule has 0 bridgehead atoms. The fraction of sp³-hybridized carbons (Fsp3) is 0.619. The van der Waals surface area contributed by atoms with Crippen molar-refractivity contribution in [1.29, 1.82) is 0 Å². The van der Waals surface area contributed by atoms with Crippen molar-refractivity contribution >= 4 is 36.0 Å². The van der Waals surface area contributed by atoms with E-state index in [9.17, 15) is 4.79 Å². The van der Waals surface area contributed by atoms with Crippen molar-refractivity contribution < 1.29 is 19.0 Å². The number of carbonyl (C=O) groups is 1. The molecule has 1 amide bonds. The zero-order valence-corrected chi connectivity index (χ0v) is 21.3. The fourth-order valence-corrected chi connectivity index (χ4v) is 2.36. The van der Waals surface area contributed by atoms with Gasteiger partial charge in [-0.1, -0.05) is 13.0 Å². The lowest BCUT2D eigenvalue weighted by molar-refractivity contribution is 0.0527. The largest absolute Gasteiger partial charge is 0.493 e. The van der Waals surface area contributed by atoms with E-state index in [4.69, 9.17) is 14.2 Å². The van der Waals surface area contributed by atoms with Crippen LogP contribution in [0.25, 0.3) is 0 Å². The Hall–Kier alpha value is -1.91. The minimum Gasteiger partial charge on any atom is -0.493 e. The van der Waals surface area contributed by atoms with Gasteiger partial charge in [0.2, 0.25) is 0 Å². The molecular formula is C21H37IN4O4. The van der Waals surface area contributed by atoms with Gasteiger partial charge in [0, 0.05) is 26.7 Å². The van der Waals surface area contributed by atoms with Crippen molar-refractivity contribution in [2.24, 2.45) is 4.99 Å². The van der Waals surface area contributed by atoms with Crippen molar-refractivity contribution in [1.82, 2.24) is 16.0 Å². The molecule has 172 valence electrons. The minimum absolute atomic E-state index is 0. The van der Waals surface area contributed by atoms with Crippen LogP contribution in [0.2, 0.25) is 0 Å². The number of aliphatic imine (C=N–C) groups is 1. The fourth-order valence-electron chi connectivity index (χ4n) is 2.36. The zero-order chi connectivity index (χ0) is 21.7. The van der Waals surface area contributed by atoms with Gasteiger partial charge in [-0.05, 0) is 51.3 Å². The molecule has 1 aromatic rings. The van der Waals surface area contributed by atoms with Crippen molar-refractivity contribution in [2.45, 2.75) is 52.7 Å². The summed E-state index contributed by atoms with van der Waals surface area (Å²) in [5.74, 6) is 2.15. The van der Waals surface area contributed by atoms with Gasteiger partial charge in [0.15, 0.2) is 17.5 Å². The number of ether oxygens (including phenoxy) is 3. The number of benzene rings is 1. The normalized spacial score (nSPS) is 11.2. The molecule has 0 saturated carbocycles. The molecule has 1 aromatic carbocycles. The summed E-state index contributed by atoms with van der Waals surface area (Å²) in [5.41, 5.74) is 0.567. The van der Waals surface area contributed by atoms with Crippen LogP contribution in [0, 0.1) is 0 Å². The molecule has 0 atom stereocenters. The first kappa shape index (κ1) is 28.1. The molecule has 0 aromatic heterocycles. The molecule has 1 rings (SSSR count). The summed E-state index contributed by atoms with van der Waals surface area (Å²) in [6.45, 7) is 10.0. The quantitative estimate of drug-likeness (QED) is 0.183. The molecule has 0 radical (unpaired) electrons. The Labute approximate surface area is 197 Å². The van der Waals surface area contributed by atoms with E-state index in [-0.39, 0.29) is 24.0 Å².